The van der Waals surface area contributed by atoms with Crippen LogP contribution in [0.1, 0.15) is 0 Å². The van der Waals surface area contributed by atoms with Crippen LogP contribution in [0.5, 0.6) is 0 Å². The highest BCUT2D eigenvalue weighted by molar-refractivity contribution is 4.82. The molecule has 0 spiro atoms. The lowest BCUT2D eigenvalue weighted by Crippen LogP contribution is -1.78. The molecule has 6 heavy (non-hydrogen) atoms. The highest BCUT2D eigenvalue weighted by Crippen LogP contribution is 1.99. The average Bonchev–Trinajstić information content (AvgIpc) is 1.86. The Hall–Kier alpha value is -0.700. The number of hydrogen-bond acceptors (Lipinski definition) is 3. The SMILES string of the molecule is OC1=CCOO1. The Balaban J connectivity index is 2.45. The van der Waals surface area contributed by atoms with Gasteiger partial charge < -0.3 is 5.11 Å². The first kappa shape index (κ1) is 3.49. The molecular formula is C3H4O3. The van der Waals surface area contributed by atoms with Crippen LogP contribution < -0.4 is 0 Å². The minimum Gasteiger partial charge on any atom is -0.479 e. The number of hydrogen-bond donors (Lipinski definition) is 1. The van der Waals surface area contributed by atoms with E-state index in [0.29, 0.717) is 6.61 Å². The van der Waals surface area contributed by atoms with Crippen LogP contribution in [0.2, 0.25) is 0 Å². The number of aliphatic hydroxyl groups excluding tert-OH is 1. The molecule has 0 aromatic rings. The summed E-state index contributed by atoms with van der Waals surface area (Å²) < 4.78 is 0. The van der Waals surface area contributed by atoms with Crippen LogP contribution in [-0.4, -0.2) is 11.7 Å². The lowest BCUT2D eigenvalue weighted by atomic mass is 10.7. The van der Waals surface area contributed by atoms with Crippen molar-refractivity contribution in [2.45, 2.75) is 0 Å². The van der Waals surface area contributed by atoms with E-state index < -0.39 is 0 Å². The van der Waals surface area contributed by atoms with Gasteiger partial charge in [0, 0.05) is 6.08 Å². The van der Waals surface area contributed by atoms with Crippen LogP contribution in [0, 0.1) is 0 Å². The zero-order valence-electron chi connectivity index (χ0n) is 3.05. The third-order valence-electron chi connectivity index (χ3n) is 0.470. The van der Waals surface area contributed by atoms with Crippen LogP contribution >= 0.6 is 0 Å². The lowest BCUT2D eigenvalue weighted by Gasteiger charge is -1.85. The predicted molar refractivity (Wildman–Crippen MR) is 17.7 cm³/mol. The van der Waals surface area contributed by atoms with E-state index in [1.54, 1.807) is 0 Å². The van der Waals surface area contributed by atoms with Gasteiger partial charge in [-0.3, -0.25) is 4.89 Å². The monoisotopic (exact) mass is 88.0 g/mol. The third kappa shape index (κ3) is 0.440. The van der Waals surface area contributed by atoms with Crippen molar-refractivity contribution in [2.24, 2.45) is 0 Å². The van der Waals surface area contributed by atoms with Crippen molar-refractivity contribution < 1.29 is 14.9 Å². The Kier molecular flexibility index (Phi) is 0.686. The van der Waals surface area contributed by atoms with Crippen LogP contribution in [0.25, 0.3) is 0 Å². The normalized spacial score (nSPS) is 19.7. The van der Waals surface area contributed by atoms with E-state index in [-0.39, 0.29) is 5.95 Å². The fourth-order valence-corrected chi connectivity index (χ4v) is 0.234. The summed E-state index contributed by atoms with van der Waals surface area (Å²) in [5.74, 6) is -0.144. The Labute approximate surface area is 34.7 Å². The van der Waals surface area contributed by atoms with E-state index in [1.807, 2.05) is 0 Å². The minimum absolute atomic E-state index is 0.144. The van der Waals surface area contributed by atoms with Gasteiger partial charge in [-0.2, -0.15) is 4.89 Å². The highest BCUT2D eigenvalue weighted by atomic mass is 17.2. The first-order valence-electron chi connectivity index (χ1n) is 1.58. The Bertz CT molecular complexity index is 76.1. The molecule has 0 saturated carbocycles. The maximum Gasteiger partial charge on any atom is 0.313 e. The van der Waals surface area contributed by atoms with E-state index >= 15 is 0 Å². The summed E-state index contributed by atoms with van der Waals surface area (Å²) in [7, 11) is 0. The molecule has 34 valence electrons. The molecule has 1 aliphatic heterocycles. The molecular weight excluding hydrogens is 84.0 g/mol. The first-order valence-corrected chi connectivity index (χ1v) is 1.58. The molecule has 0 aliphatic carbocycles. The zero-order valence-corrected chi connectivity index (χ0v) is 3.05. The maximum absolute atomic E-state index is 8.24. The van der Waals surface area contributed by atoms with Crippen molar-refractivity contribution in [1.29, 1.82) is 0 Å². The van der Waals surface area contributed by atoms with E-state index in [4.69, 9.17) is 5.11 Å². The molecule has 1 N–H and O–H groups in total. The summed E-state index contributed by atoms with van der Waals surface area (Å²) in [4.78, 5) is 8.28. The van der Waals surface area contributed by atoms with Gasteiger partial charge in [-0.15, -0.1) is 0 Å². The molecule has 3 nitrogen and oxygen atoms in total. The standard InChI is InChI=1S/C3H4O3/c4-3-1-2-5-6-3/h1,4H,2H2. The second-order valence-electron chi connectivity index (χ2n) is 0.910. The molecule has 0 atom stereocenters. The van der Waals surface area contributed by atoms with Crippen molar-refractivity contribution in [3.8, 4) is 0 Å². The van der Waals surface area contributed by atoms with E-state index in [1.165, 1.54) is 6.08 Å². The molecule has 0 bridgehead atoms. The summed E-state index contributed by atoms with van der Waals surface area (Å²) in [6, 6.07) is 0. The van der Waals surface area contributed by atoms with Crippen molar-refractivity contribution in [3.05, 3.63) is 12.0 Å². The van der Waals surface area contributed by atoms with E-state index in [2.05, 4.69) is 9.78 Å². The molecule has 0 aromatic carbocycles. The zero-order chi connectivity index (χ0) is 4.41. The van der Waals surface area contributed by atoms with Gasteiger partial charge in [0.25, 0.3) is 0 Å². The van der Waals surface area contributed by atoms with E-state index in [9.17, 15) is 0 Å². The quantitative estimate of drug-likeness (QED) is 0.434. The number of aliphatic hydroxyl groups is 1. The Morgan fingerprint density at radius 2 is 2.67 bits per heavy atom. The van der Waals surface area contributed by atoms with Gasteiger partial charge in [0.2, 0.25) is 0 Å². The van der Waals surface area contributed by atoms with Gasteiger partial charge in [-0.05, 0) is 0 Å². The second kappa shape index (κ2) is 1.18. The van der Waals surface area contributed by atoms with Gasteiger partial charge in [0.1, 0.15) is 6.61 Å². The summed E-state index contributed by atoms with van der Waals surface area (Å²) in [6.07, 6.45) is 1.43. The van der Waals surface area contributed by atoms with Crippen molar-refractivity contribution in [1.82, 2.24) is 0 Å². The summed E-state index contributed by atoms with van der Waals surface area (Å²) in [5.41, 5.74) is 0. The van der Waals surface area contributed by atoms with Crippen LogP contribution in [0.4, 0.5) is 0 Å². The second-order valence-corrected chi connectivity index (χ2v) is 0.910. The van der Waals surface area contributed by atoms with Crippen molar-refractivity contribution >= 4 is 0 Å². The Morgan fingerprint density at radius 3 is 2.83 bits per heavy atom. The smallest absolute Gasteiger partial charge is 0.313 e. The average molecular weight is 88.1 g/mol. The van der Waals surface area contributed by atoms with Gasteiger partial charge in [-0.1, -0.05) is 0 Å². The van der Waals surface area contributed by atoms with Gasteiger partial charge in [0.05, 0.1) is 0 Å². The molecule has 0 fully saturated rings. The molecule has 0 radical (unpaired) electrons. The molecule has 0 saturated heterocycles. The van der Waals surface area contributed by atoms with Crippen LogP contribution in [-0.2, 0) is 9.78 Å². The topological polar surface area (TPSA) is 38.7 Å². The highest BCUT2D eigenvalue weighted by Gasteiger charge is 2.00. The van der Waals surface area contributed by atoms with E-state index in [0.717, 1.165) is 0 Å². The summed E-state index contributed by atoms with van der Waals surface area (Å²) >= 11 is 0. The molecule has 0 aromatic heterocycles. The van der Waals surface area contributed by atoms with Gasteiger partial charge in [-0.25, -0.2) is 0 Å². The lowest BCUT2D eigenvalue weighted by molar-refractivity contribution is -0.257. The predicted octanol–water partition coefficient (Wildman–Crippen LogP) is 0.348. The third-order valence-corrected chi connectivity index (χ3v) is 0.470. The molecule has 1 heterocycles. The largest absolute Gasteiger partial charge is 0.479 e. The maximum atomic E-state index is 8.24. The Morgan fingerprint density at radius 1 is 1.83 bits per heavy atom. The van der Waals surface area contributed by atoms with Crippen LogP contribution in [0.15, 0.2) is 12.0 Å². The summed E-state index contributed by atoms with van der Waals surface area (Å²) in [6.45, 7) is 0.353. The molecule has 1 rings (SSSR count). The fraction of sp³-hybridized carbons (Fsp3) is 0.333. The minimum atomic E-state index is -0.144. The fourth-order valence-electron chi connectivity index (χ4n) is 0.234. The van der Waals surface area contributed by atoms with Gasteiger partial charge in [0.15, 0.2) is 0 Å². The first-order chi connectivity index (χ1) is 2.89. The van der Waals surface area contributed by atoms with Crippen molar-refractivity contribution in [2.75, 3.05) is 6.61 Å². The van der Waals surface area contributed by atoms with Crippen molar-refractivity contribution in [3.63, 3.8) is 0 Å². The molecule has 0 unspecified atom stereocenters. The molecule has 3 heteroatoms. The van der Waals surface area contributed by atoms with Gasteiger partial charge >= 0.3 is 5.95 Å². The molecule has 0 amide bonds. The summed E-state index contributed by atoms with van der Waals surface area (Å²) in [5, 5.41) is 8.24. The van der Waals surface area contributed by atoms with Crippen LogP contribution in [0.3, 0.4) is 0 Å². The number of rotatable bonds is 0. The molecule has 1 aliphatic rings.